The van der Waals surface area contributed by atoms with Crippen molar-refractivity contribution in [3.63, 3.8) is 0 Å². The van der Waals surface area contributed by atoms with Crippen LogP contribution in [0.4, 0.5) is 4.79 Å². The maximum Gasteiger partial charge on any atom is 0.408 e. The standard InChI is InChI=1S/C8H18N2O2/c1-6(5-9)10(7(11)12)8(2,3)4/h6H,5,9H2,1-4H3,(H,11,12). The van der Waals surface area contributed by atoms with Gasteiger partial charge in [0, 0.05) is 18.1 Å². The molecule has 0 aromatic rings. The molecule has 0 aliphatic carbocycles. The minimum atomic E-state index is -0.916. The zero-order valence-electron chi connectivity index (χ0n) is 8.16. The van der Waals surface area contributed by atoms with Gasteiger partial charge in [-0.05, 0) is 27.7 Å². The van der Waals surface area contributed by atoms with Gasteiger partial charge in [-0.1, -0.05) is 0 Å². The zero-order valence-corrected chi connectivity index (χ0v) is 8.16. The summed E-state index contributed by atoms with van der Waals surface area (Å²) < 4.78 is 0. The Bertz CT molecular complexity index is 163. The van der Waals surface area contributed by atoms with E-state index in [-0.39, 0.29) is 11.6 Å². The smallest absolute Gasteiger partial charge is 0.408 e. The van der Waals surface area contributed by atoms with E-state index in [0.717, 1.165) is 0 Å². The second-order valence-electron chi connectivity index (χ2n) is 3.91. The molecular weight excluding hydrogens is 156 g/mol. The van der Waals surface area contributed by atoms with E-state index in [4.69, 9.17) is 10.8 Å². The fourth-order valence-electron chi connectivity index (χ4n) is 1.24. The largest absolute Gasteiger partial charge is 0.465 e. The van der Waals surface area contributed by atoms with Crippen molar-refractivity contribution < 1.29 is 9.90 Å². The lowest BCUT2D eigenvalue weighted by atomic mass is 10.0. The van der Waals surface area contributed by atoms with Gasteiger partial charge in [0.15, 0.2) is 0 Å². The lowest BCUT2D eigenvalue weighted by Crippen LogP contribution is -2.52. The van der Waals surface area contributed by atoms with Gasteiger partial charge in [-0.25, -0.2) is 4.79 Å². The summed E-state index contributed by atoms with van der Waals surface area (Å²) in [6.45, 7) is 7.72. The van der Waals surface area contributed by atoms with Gasteiger partial charge in [0.1, 0.15) is 0 Å². The second kappa shape index (κ2) is 3.76. The number of nitrogens with two attached hydrogens (primary N) is 1. The third-order valence-electron chi connectivity index (χ3n) is 1.71. The van der Waals surface area contributed by atoms with Crippen LogP contribution in [0.25, 0.3) is 0 Å². The van der Waals surface area contributed by atoms with Crippen LogP contribution in [-0.2, 0) is 0 Å². The van der Waals surface area contributed by atoms with Crippen LogP contribution in [0.2, 0.25) is 0 Å². The molecule has 0 rings (SSSR count). The number of nitrogens with zero attached hydrogens (tertiary/aromatic N) is 1. The summed E-state index contributed by atoms with van der Waals surface area (Å²) in [5, 5.41) is 8.88. The van der Waals surface area contributed by atoms with Crippen molar-refractivity contribution >= 4 is 6.09 Å². The molecule has 0 heterocycles. The van der Waals surface area contributed by atoms with E-state index in [1.165, 1.54) is 4.90 Å². The van der Waals surface area contributed by atoms with Crippen molar-refractivity contribution in [2.24, 2.45) is 5.73 Å². The van der Waals surface area contributed by atoms with Crippen LogP contribution in [-0.4, -0.2) is 34.2 Å². The fourth-order valence-corrected chi connectivity index (χ4v) is 1.24. The molecule has 0 bridgehead atoms. The van der Waals surface area contributed by atoms with Crippen LogP contribution >= 0.6 is 0 Å². The second-order valence-corrected chi connectivity index (χ2v) is 3.91. The van der Waals surface area contributed by atoms with Crippen molar-refractivity contribution in [3.05, 3.63) is 0 Å². The Morgan fingerprint density at radius 3 is 2.08 bits per heavy atom. The van der Waals surface area contributed by atoms with E-state index >= 15 is 0 Å². The molecule has 0 saturated heterocycles. The number of rotatable bonds is 2. The first-order valence-electron chi connectivity index (χ1n) is 4.03. The highest BCUT2D eigenvalue weighted by Crippen LogP contribution is 2.16. The van der Waals surface area contributed by atoms with E-state index < -0.39 is 6.09 Å². The lowest BCUT2D eigenvalue weighted by molar-refractivity contribution is 0.0778. The summed E-state index contributed by atoms with van der Waals surface area (Å²) >= 11 is 0. The molecule has 3 N–H and O–H groups in total. The minimum absolute atomic E-state index is 0.137. The number of hydrogen-bond acceptors (Lipinski definition) is 2. The highest BCUT2D eigenvalue weighted by Gasteiger charge is 2.29. The van der Waals surface area contributed by atoms with Gasteiger partial charge in [0.2, 0.25) is 0 Å². The van der Waals surface area contributed by atoms with Crippen LogP contribution in [0.1, 0.15) is 27.7 Å². The summed E-state index contributed by atoms with van der Waals surface area (Å²) in [5.74, 6) is 0. The SMILES string of the molecule is CC(CN)N(C(=O)O)C(C)(C)C. The molecular formula is C8H18N2O2. The summed E-state index contributed by atoms with van der Waals surface area (Å²) in [4.78, 5) is 12.2. The minimum Gasteiger partial charge on any atom is -0.465 e. The average molecular weight is 174 g/mol. The first-order chi connectivity index (χ1) is 5.30. The van der Waals surface area contributed by atoms with Crippen LogP contribution in [0, 0.1) is 0 Å². The predicted molar refractivity (Wildman–Crippen MR) is 48.1 cm³/mol. The Morgan fingerprint density at radius 1 is 1.58 bits per heavy atom. The monoisotopic (exact) mass is 174 g/mol. The van der Waals surface area contributed by atoms with Crippen molar-refractivity contribution in [1.29, 1.82) is 0 Å². The molecule has 4 heteroatoms. The van der Waals surface area contributed by atoms with E-state index in [1.807, 2.05) is 20.8 Å². The molecule has 0 radical (unpaired) electrons. The number of amides is 1. The number of carbonyl (C=O) groups is 1. The van der Waals surface area contributed by atoms with E-state index in [0.29, 0.717) is 6.54 Å². The Morgan fingerprint density at radius 2 is 2.00 bits per heavy atom. The molecule has 1 atom stereocenters. The maximum absolute atomic E-state index is 10.8. The molecule has 0 spiro atoms. The summed E-state index contributed by atoms with van der Waals surface area (Å²) in [6.07, 6.45) is -0.916. The third kappa shape index (κ3) is 2.70. The summed E-state index contributed by atoms with van der Waals surface area (Å²) in [5.41, 5.74) is 5.02. The molecule has 0 fully saturated rings. The quantitative estimate of drug-likeness (QED) is 0.659. The topological polar surface area (TPSA) is 66.6 Å². The molecule has 4 nitrogen and oxygen atoms in total. The van der Waals surface area contributed by atoms with E-state index in [1.54, 1.807) is 6.92 Å². The highest BCUT2D eigenvalue weighted by atomic mass is 16.4. The van der Waals surface area contributed by atoms with Crippen LogP contribution in [0.3, 0.4) is 0 Å². The fraction of sp³-hybridized carbons (Fsp3) is 0.875. The highest BCUT2D eigenvalue weighted by molar-refractivity contribution is 5.66. The van der Waals surface area contributed by atoms with Crippen LogP contribution in [0.15, 0.2) is 0 Å². The Hall–Kier alpha value is -0.770. The first-order valence-corrected chi connectivity index (χ1v) is 4.03. The molecule has 12 heavy (non-hydrogen) atoms. The number of carboxylic acid groups (broad SMARTS) is 1. The molecule has 1 amide bonds. The van der Waals surface area contributed by atoms with Crippen molar-refractivity contribution in [2.75, 3.05) is 6.54 Å². The van der Waals surface area contributed by atoms with Gasteiger partial charge in [-0.15, -0.1) is 0 Å². The molecule has 1 unspecified atom stereocenters. The van der Waals surface area contributed by atoms with E-state index in [9.17, 15) is 4.79 Å². The normalized spacial score (nSPS) is 14.1. The Balaban J connectivity index is 4.56. The average Bonchev–Trinajstić information content (AvgIpc) is 1.83. The van der Waals surface area contributed by atoms with Crippen molar-refractivity contribution in [3.8, 4) is 0 Å². The first kappa shape index (κ1) is 11.2. The molecule has 0 aromatic heterocycles. The van der Waals surface area contributed by atoms with Gasteiger partial charge in [0.05, 0.1) is 0 Å². The zero-order chi connectivity index (χ0) is 9.94. The van der Waals surface area contributed by atoms with Gasteiger partial charge in [0.25, 0.3) is 0 Å². The Labute approximate surface area is 73.3 Å². The van der Waals surface area contributed by atoms with Gasteiger partial charge in [-0.2, -0.15) is 0 Å². The maximum atomic E-state index is 10.8. The number of hydrogen-bond donors (Lipinski definition) is 2. The molecule has 72 valence electrons. The summed E-state index contributed by atoms with van der Waals surface area (Å²) in [7, 11) is 0. The lowest BCUT2D eigenvalue weighted by Gasteiger charge is -2.37. The molecule has 0 aromatic carbocycles. The molecule has 0 aliphatic heterocycles. The summed E-state index contributed by atoms with van der Waals surface area (Å²) in [6, 6.07) is -0.137. The predicted octanol–water partition coefficient (Wildman–Crippen LogP) is 1.11. The Kier molecular flexibility index (Phi) is 3.52. The van der Waals surface area contributed by atoms with Gasteiger partial charge < -0.3 is 10.8 Å². The van der Waals surface area contributed by atoms with Gasteiger partial charge in [-0.3, -0.25) is 4.90 Å². The van der Waals surface area contributed by atoms with Crippen LogP contribution in [0.5, 0.6) is 0 Å². The van der Waals surface area contributed by atoms with Crippen molar-refractivity contribution in [1.82, 2.24) is 4.90 Å². The molecule has 0 aliphatic rings. The van der Waals surface area contributed by atoms with Crippen molar-refractivity contribution in [2.45, 2.75) is 39.3 Å². The van der Waals surface area contributed by atoms with Gasteiger partial charge >= 0.3 is 6.09 Å². The van der Waals surface area contributed by atoms with Crippen LogP contribution < -0.4 is 5.73 Å². The van der Waals surface area contributed by atoms with E-state index in [2.05, 4.69) is 0 Å². The molecule has 0 saturated carbocycles. The third-order valence-corrected chi connectivity index (χ3v) is 1.71.